The number of halogens is 1. The highest BCUT2D eigenvalue weighted by molar-refractivity contribution is 6.31. The SMILES string of the molecule is COCC(=O)OC(C)CNCc1ccccc1Cl. The number of methoxy groups -OCH3 is 1. The maximum atomic E-state index is 11.1. The van der Waals surface area contributed by atoms with Gasteiger partial charge in [-0.25, -0.2) is 4.79 Å². The van der Waals surface area contributed by atoms with Crippen molar-refractivity contribution in [3.8, 4) is 0 Å². The van der Waals surface area contributed by atoms with E-state index in [0.29, 0.717) is 13.1 Å². The number of hydrogen-bond acceptors (Lipinski definition) is 4. The first-order valence-electron chi connectivity index (χ1n) is 5.76. The fourth-order valence-electron chi connectivity index (χ4n) is 1.47. The maximum absolute atomic E-state index is 11.1. The van der Waals surface area contributed by atoms with Gasteiger partial charge in [0.1, 0.15) is 12.7 Å². The summed E-state index contributed by atoms with van der Waals surface area (Å²) >= 11 is 6.02. The lowest BCUT2D eigenvalue weighted by Crippen LogP contribution is -2.29. The molecule has 0 bridgehead atoms. The molecule has 0 heterocycles. The molecular formula is C13H18ClNO3. The first kappa shape index (κ1) is 15.0. The van der Waals surface area contributed by atoms with Gasteiger partial charge in [0.05, 0.1) is 0 Å². The molecule has 100 valence electrons. The zero-order valence-corrected chi connectivity index (χ0v) is 11.4. The van der Waals surface area contributed by atoms with Crippen LogP contribution in [0.2, 0.25) is 5.02 Å². The van der Waals surface area contributed by atoms with Gasteiger partial charge in [0.15, 0.2) is 0 Å². The molecule has 0 spiro atoms. The second kappa shape index (κ2) is 8.08. The second-order valence-corrected chi connectivity index (χ2v) is 4.36. The van der Waals surface area contributed by atoms with Gasteiger partial charge in [-0.15, -0.1) is 0 Å². The predicted octanol–water partition coefficient (Wildman–Crippen LogP) is 2.01. The molecule has 0 aliphatic carbocycles. The molecule has 0 saturated heterocycles. The normalized spacial score (nSPS) is 12.2. The zero-order chi connectivity index (χ0) is 13.4. The third-order valence-corrected chi connectivity index (χ3v) is 2.67. The van der Waals surface area contributed by atoms with E-state index in [2.05, 4.69) is 10.1 Å². The van der Waals surface area contributed by atoms with Gasteiger partial charge in [-0.05, 0) is 18.6 Å². The molecule has 0 aromatic heterocycles. The van der Waals surface area contributed by atoms with Crippen molar-refractivity contribution in [2.24, 2.45) is 0 Å². The largest absolute Gasteiger partial charge is 0.460 e. The monoisotopic (exact) mass is 271 g/mol. The molecule has 4 nitrogen and oxygen atoms in total. The quantitative estimate of drug-likeness (QED) is 0.771. The van der Waals surface area contributed by atoms with Gasteiger partial charge in [-0.3, -0.25) is 0 Å². The molecule has 1 aromatic carbocycles. The van der Waals surface area contributed by atoms with Crippen molar-refractivity contribution < 1.29 is 14.3 Å². The molecule has 0 fully saturated rings. The highest BCUT2D eigenvalue weighted by Gasteiger charge is 2.08. The Morgan fingerprint density at radius 1 is 1.44 bits per heavy atom. The minimum Gasteiger partial charge on any atom is -0.460 e. The van der Waals surface area contributed by atoms with Crippen molar-refractivity contribution >= 4 is 17.6 Å². The summed E-state index contributed by atoms with van der Waals surface area (Å²) in [4.78, 5) is 11.1. The summed E-state index contributed by atoms with van der Waals surface area (Å²) in [6, 6.07) is 7.63. The molecule has 1 unspecified atom stereocenters. The third kappa shape index (κ3) is 5.49. The van der Waals surface area contributed by atoms with Gasteiger partial charge in [-0.2, -0.15) is 0 Å². The lowest BCUT2D eigenvalue weighted by atomic mass is 10.2. The highest BCUT2D eigenvalue weighted by Crippen LogP contribution is 2.14. The molecule has 0 aliphatic rings. The predicted molar refractivity (Wildman–Crippen MR) is 70.6 cm³/mol. The highest BCUT2D eigenvalue weighted by atomic mass is 35.5. The van der Waals surface area contributed by atoms with Gasteiger partial charge in [0, 0.05) is 25.2 Å². The summed E-state index contributed by atoms with van der Waals surface area (Å²) in [5.41, 5.74) is 1.02. The van der Waals surface area contributed by atoms with Crippen LogP contribution in [0, 0.1) is 0 Å². The van der Waals surface area contributed by atoms with Gasteiger partial charge < -0.3 is 14.8 Å². The van der Waals surface area contributed by atoms with Crippen LogP contribution in [0.15, 0.2) is 24.3 Å². The second-order valence-electron chi connectivity index (χ2n) is 3.96. The number of carbonyl (C=O) groups excluding carboxylic acids is 1. The van der Waals surface area contributed by atoms with Crippen molar-refractivity contribution in [3.63, 3.8) is 0 Å². The van der Waals surface area contributed by atoms with Crippen molar-refractivity contribution in [2.75, 3.05) is 20.3 Å². The number of benzene rings is 1. The Labute approximate surface area is 112 Å². The van der Waals surface area contributed by atoms with Crippen LogP contribution < -0.4 is 5.32 Å². The smallest absolute Gasteiger partial charge is 0.332 e. The molecule has 0 radical (unpaired) electrons. The van der Waals surface area contributed by atoms with Crippen LogP contribution in [0.3, 0.4) is 0 Å². The van der Waals surface area contributed by atoms with Crippen LogP contribution >= 0.6 is 11.6 Å². The fraction of sp³-hybridized carbons (Fsp3) is 0.462. The topological polar surface area (TPSA) is 47.6 Å². The van der Waals surface area contributed by atoms with E-state index in [4.69, 9.17) is 16.3 Å². The van der Waals surface area contributed by atoms with Gasteiger partial charge in [0.2, 0.25) is 0 Å². The number of nitrogens with one attached hydrogen (secondary N) is 1. The van der Waals surface area contributed by atoms with E-state index < -0.39 is 0 Å². The first-order valence-corrected chi connectivity index (χ1v) is 6.13. The molecule has 5 heteroatoms. The number of rotatable bonds is 7. The van der Waals surface area contributed by atoms with Gasteiger partial charge >= 0.3 is 5.97 Å². The fourth-order valence-corrected chi connectivity index (χ4v) is 1.67. The van der Waals surface area contributed by atoms with Crippen LogP contribution in [0.25, 0.3) is 0 Å². The minimum absolute atomic E-state index is 0.0190. The Morgan fingerprint density at radius 2 is 2.17 bits per heavy atom. The molecule has 18 heavy (non-hydrogen) atoms. The minimum atomic E-state index is -0.357. The Hall–Kier alpha value is -1.10. The van der Waals surface area contributed by atoms with E-state index in [1.807, 2.05) is 31.2 Å². The summed E-state index contributed by atoms with van der Waals surface area (Å²) < 4.78 is 9.78. The molecular weight excluding hydrogens is 254 g/mol. The summed E-state index contributed by atoms with van der Waals surface area (Å²) in [7, 11) is 1.46. The van der Waals surface area contributed by atoms with Gasteiger partial charge in [-0.1, -0.05) is 29.8 Å². The van der Waals surface area contributed by atoms with Crippen LogP contribution in [0.4, 0.5) is 0 Å². The van der Waals surface area contributed by atoms with Gasteiger partial charge in [0.25, 0.3) is 0 Å². The Morgan fingerprint density at radius 3 is 2.83 bits per heavy atom. The molecule has 0 saturated carbocycles. The summed E-state index contributed by atoms with van der Waals surface area (Å²) in [5.74, 6) is -0.357. The molecule has 1 N–H and O–H groups in total. The van der Waals surface area contributed by atoms with Crippen LogP contribution in [0.1, 0.15) is 12.5 Å². The Balaban J connectivity index is 2.25. The standard InChI is InChI=1S/C13H18ClNO3/c1-10(18-13(16)9-17-2)7-15-8-11-5-3-4-6-12(11)14/h3-6,10,15H,7-9H2,1-2H3. The van der Waals surface area contributed by atoms with E-state index in [9.17, 15) is 4.79 Å². The van der Waals surface area contributed by atoms with Crippen molar-refractivity contribution in [3.05, 3.63) is 34.9 Å². The van der Waals surface area contributed by atoms with Crippen LogP contribution in [-0.2, 0) is 20.8 Å². The Kier molecular flexibility index (Phi) is 6.72. The molecule has 0 aliphatic heterocycles. The molecule has 1 atom stereocenters. The van der Waals surface area contributed by atoms with Crippen LogP contribution in [0.5, 0.6) is 0 Å². The Bertz CT molecular complexity index is 384. The third-order valence-electron chi connectivity index (χ3n) is 2.30. The molecule has 1 rings (SSSR count). The average molecular weight is 272 g/mol. The lowest BCUT2D eigenvalue weighted by Gasteiger charge is -2.14. The number of carbonyl (C=O) groups is 1. The summed E-state index contributed by atoms with van der Waals surface area (Å²) in [6.07, 6.45) is -0.199. The molecule has 1 aromatic rings. The number of hydrogen-bond donors (Lipinski definition) is 1. The summed E-state index contributed by atoms with van der Waals surface area (Å²) in [6.45, 7) is 3.02. The summed E-state index contributed by atoms with van der Waals surface area (Å²) in [5, 5.41) is 3.92. The van der Waals surface area contributed by atoms with Crippen LogP contribution in [-0.4, -0.2) is 32.3 Å². The van der Waals surface area contributed by atoms with E-state index >= 15 is 0 Å². The zero-order valence-electron chi connectivity index (χ0n) is 10.6. The van der Waals surface area contributed by atoms with Crippen molar-refractivity contribution in [1.29, 1.82) is 0 Å². The lowest BCUT2D eigenvalue weighted by molar-refractivity contribution is -0.152. The van der Waals surface area contributed by atoms with E-state index in [1.165, 1.54) is 7.11 Å². The van der Waals surface area contributed by atoms with E-state index in [0.717, 1.165) is 10.6 Å². The van der Waals surface area contributed by atoms with Crippen molar-refractivity contribution in [2.45, 2.75) is 19.6 Å². The van der Waals surface area contributed by atoms with E-state index in [1.54, 1.807) is 0 Å². The molecule has 0 amide bonds. The van der Waals surface area contributed by atoms with E-state index in [-0.39, 0.29) is 18.7 Å². The number of esters is 1. The average Bonchev–Trinajstić information content (AvgIpc) is 2.31. The maximum Gasteiger partial charge on any atom is 0.332 e. The van der Waals surface area contributed by atoms with Crippen molar-refractivity contribution in [1.82, 2.24) is 5.32 Å². The number of ether oxygens (including phenoxy) is 2. The first-order chi connectivity index (χ1) is 8.63.